The van der Waals surface area contributed by atoms with Crippen molar-refractivity contribution in [1.29, 1.82) is 0 Å². The SMILES string of the molecule is [Cl-].[Cl-].[Zr+2]=[C](C1CCCCC1)C1CCCCC1. The molecule has 0 bridgehead atoms. The van der Waals surface area contributed by atoms with Crippen LogP contribution in [0.15, 0.2) is 0 Å². The average molecular weight is 340 g/mol. The summed E-state index contributed by atoms with van der Waals surface area (Å²) < 4.78 is 1.97. The van der Waals surface area contributed by atoms with Crippen molar-refractivity contribution in [2.45, 2.75) is 64.2 Å². The standard InChI is InChI=1S/C13H22.2ClH.Zr/c1-3-7-12(8-4-1)11-13-9-5-2-6-10-13;;;/h12-13H,1-10H2;2*1H;/q;;;+2/p-2. The summed E-state index contributed by atoms with van der Waals surface area (Å²) in [5.41, 5.74) is 0. The minimum atomic E-state index is 0. The zero-order valence-electron chi connectivity index (χ0n) is 9.98. The molecule has 16 heavy (non-hydrogen) atoms. The molecule has 92 valence electrons. The van der Waals surface area contributed by atoms with Crippen LogP contribution >= 0.6 is 0 Å². The molecule has 0 aromatic rings. The van der Waals surface area contributed by atoms with Crippen molar-refractivity contribution in [1.82, 2.24) is 0 Å². The fourth-order valence-corrected chi connectivity index (χ4v) is 4.58. The van der Waals surface area contributed by atoms with Crippen molar-refractivity contribution in [3.05, 3.63) is 0 Å². The van der Waals surface area contributed by atoms with Gasteiger partial charge in [-0.2, -0.15) is 0 Å². The second-order valence-electron chi connectivity index (χ2n) is 5.13. The van der Waals surface area contributed by atoms with E-state index < -0.39 is 0 Å². The average Bonchev–Trinajstić information content (AvgIpc) is 2.30. The van der Waals surface area contributed by atoms with Gasteiger partial charge in [0.2, 0.25) is 0 Å². The molecule has 0 N–H and O–H groups in total. The summed E-state index contributed by atoms with van der Waals surface area (Å²) in [5.74, 6) is 2.09. The van der Waals surface area contributed by atoms with Crippen LogP contribution in [0.4, 0.5) is 0 Å². The van der Waals surface area contributed by atoms with E-state index in [4.69, 9.17) is 0 Å². The molecular weight excluding hydrogens is 318 g/mol. The minimum absolute atomic E-state index is 0. The Hall–Kier alpha value is 1.33. The molecule has 2 fully saturated rings. The van der Waals surface area contributed by atoms with Crippen LogP contribution in [0, 0.1) is 11.8 Å². The van der Waals surface area contributed by atoms with Crippen molar-refractivity contribution in [2.75, 3.05) is 0 Å². The summed E-state index contributed by atoms with van der Waals surface area (Å²) in [6.45, 7) is 0. The molecule has 0 saturated heterocycles. The Labute approximate surface area is 127 Å². The molecule has 0 aromatic carbocycles. The van der Waals surface area contributed by atoms with Crippen molar-refractivity contribution in [2.24, 2.45) is 11.8 Å². The number of hydrogen-bond acceptors (Lipinski definition) is 0. The Morgan fingerprint density at radius 3 is 1.25 bits per heavy atom. The summed E-state index contributed by atoms with van der Waals surface area (Å²) in [6.07, 6.45) is 15.1. The molecule has 0 atom stereocenters. The number of rotatable bonds is 2. The molecule has 2 aliphatic carbocycles. The van der Waals surface area contributed by atoms with Crippen molar-refractivity contribution in [3.63, 3.8) is 0 Å². The van der Waals surface area contributed by atoms with Gasteiger partial charge in [0, 0.05) is 0 Å². The molecule has 0 radical (unpaired) electrons. The van der Waals surface area contributed by atoms with E-state index >= 15 is 0 Å². The van der Waals surface area contributed by atoms with E-state index in [-0.39, 0.29) is 24.8 Å². The van der Waals surface area contributed by atoms with Gasteiger partial charge in [-0.15, -0.1) is 0 Å². The quantitative estimate of drug-likeness (QED) is 0.539. The first kappa shape index (κ1) is 17.3. The molecule has 2 rings (SSSR count). The van der Waals surface area contributed by atoms with Gasteiger partial charge < -0.3 is 24.8 Å². The zero-order valence-corrected chi connectivity index (χ0v) is 14.0. The second-order valence-corrected chi connectivity index (χ2v) is 6.54. The van der Waals surface area contributed by atoms with Gasteiger partial charge in [0.25, 0.3) is 0 Å². The molecule has 0 heterocycles. The molecule has 0 nitrogen and oxygen atoms in total. The van der Waals surface area contributed by atoms with E-state index in [9.17, 15) is 0 Å². The molecule has 0 amide bonds. The van der Waals surface area contributed by atoms with Crippen LogP contribution in [0.1, 0.15) is 64.2 Å². The van der Waals surface area contributed by atoms with Crippen molar-refractivity contribution >= 4 is 3.21 Å². The Kier molecular flexibility index (Phi) is 10.1. The first-order valence-electron chi connectivity index (χ1n) is 6.46. The Balaban J connectivity index is 0.00000112. The van der Waals surface area contributed by atoms with Gasteiger partial charge in [-0.05, 0) is 0 Å². The third-order valence-electron chi connectivity index (χ3n) is 4.09. The molecule has 0 unspecified atom stereocenters. The first-order chi connectivity index (χ1) is 6.88. The van der Waals surface area contributed by atoms with Gasteiger partial charge >= 0.3 is 103 Å². The Bertz CT molecular complexity index is 174. The zero-order chi connectivity index (χ0) is 9.80. The van der Waals surface area contributed by atoms with E-state index in [1.165, 1.54) is 64.2 Å². The van der Waals surface area contributed by atoms with Crippen LogP contribution in [-0.4, -0.2) is 3.21 Å². The Morgan fingerprint density at radius 2 is 0.938 bits per heavy atom. The van der Waals surface area contributed by atoms with Crippen LogP contribution in [0.5, 0.6) is 0 Å². The number of halogens is 2. The van der Waals surface area contributed by atoms with Crippen LogP contribution in [0.25, 0.3) is 0 Å². The predicted molar refractivity (Wildman–Crippen MR) is 58.2 cm³/mol. The van der Waals surface area contributed by atoms with Gasteiger partial charge in [-0.1, -0.05) is 0 Å². The third kappa shape index (κ3) is 4.91. The Morgan fingerprint density at radius 1 is 0.625 bits per heavy atom. The predicted octanol–water partition coefficient (Wildman–Crippen LogP) is -2.13. The molecular formula is C13H22Cl2Zr. The van der Waals surface area contributed by atoms with Gasteiger partial charge in [0.1, 0.15) is 0 Å². The summed E-state index contributed by atoms with van der Waals surface area (Å²) in [6, 6.07) is 0. The van der Waals surface area contributed by atoms with Gasteiger partial charge in [-0.3, -0.25) is 0 Å². The van der Waals surface area contributed by atoms with E-state index in [2.05, 4.69) is 0 Å². The molecule has 0 aliphatic heterocycles. The van der Waals surface area contributed by atoms with Crippen LogP contribution in [0.3, 0.4) is 0 Å². The molecule has 2 aliphatic rings. The molecule has 0 spiro atoms. The topological polar surface area (TPSA) is 0 Å². The van der Waals surface area contributed by atoms with E-state index in [1.54, 1.807) is 24.2 Å². The molecule has 3 heteroatoms. The normalized spacial score (nSPS) is 23.1. The first-order valence-corrected chi connectivity index (χ1v) is 7.69. The fraction of sp³-hybridized carbons (Fsp3) is 0.923. The molecule has 2 saturated carbocycles. The van der Waals surface area contributed by atoms with Crippen molar-refractivity contribution < 1.29 is 49.0 Å². The maximum absolute atomic E-state index is 1.97. The van der Waals surface area contributed by atoms with Crippen LogP contribution in [-0.2, 0) is 24.2 Å². The van der Waals surface area contributed by atoms with Crippen molar-refractivity contribution in [3.8, 4) is 0 Å². The monoisotopic (exact) mass is 338 g/mol. The number of hydrogen-bond donors (Lipinski definition) is 0. The van der Waals surface area contributed by atoms with Gasteiger partial charge in [0.15, 0.2) is 0 Å². The maximum atomic E-state index is 1.97. The van der Waals surface area contributed by atoms with E-state index in [0.717, 1.165) is 11.8 Å². The van der Waals surface area contributed by atoms with Crippen LogP contribution in [0.2, 0.25) is 0 Å². The van der Waals surface area contributed by atoms with Crippen LogP contribution < -0.4 is 24.8 Å². The van der Waals surface area contributed by atoms with Gasteiger partial charge in [0.05, 0.1) is 0 Å². The van der Waals surface area contributed by atoms with E-state index in [1.807, 2.05) is 3.21 Å². The summed E-state index contributed by atoms with van der Waals surface area (Å²) in [5, 5.41) is 0. The fourth-order valence-electron chi connectivity index (χ4n) is 3.16. The summed E-state index contributed by atoms with van der Waals surface area (Å²) in [4.78, 5) is 0. The third-order valence-corrected chi connectivity index (χ3v) is 6.10. The second kappa shape index (κ2) is 9.29. The summed E-state index contributed by atoms with van der Waals surface area (Å²) >= 11 is 1.77. The summed E-state index contributed by atoms with van der Waals surface area (Å²) in [7, 11) is 0. The molecule has 0 aromatic heterocycles. The van der Waals surface area contributed by atoms with E-state index in [0.29, 0.717) is 0 Å². The van der Waals surface area contributed by atoms with Gasteiger partial charge in [-0.25, -0.2) is 0 Å².